The van der Waals surface area contributed by atoms with Crippen LogP contribution in [0.25, 0.3) is 16.7 Å². The summed E-state index contributed by atoms with van der Waals surface area (Å²) in [5.74, 6) is 0.632. The van der Waals surface area contributed by atoms with E-state index >= 15 is 0 Å². The van der Waals surface area contributed by atoms with E-state index in [-0.39, 0.29) is 5.91 Å². The van der Waals surface area contributed by atoms with Gasteiger partial charge in [-0.1, -0.05) is 6.07 Å². The lowest BCUT2D eigenvalue weighted by Gasteiger charge is -2.11. The van der Waals surface area contributed by atoms with Gasteiger partial charge in [0.05, 0.1) is 30.4 Å². The smallest absolute Gasteiger partial charge is 0.251 e. The van der Waals surface area contributed by atoms with Gasteiger partial charge in [-0.25, -0.2) is 4.98 Å². The van der Waals surface area contributed by atoms with Gasteiger partial charge in [0.25, 0.3) is 5.91 Å². The van der Waals surface area contributed by atoms with Gasteiger partial charge in [0.15, 0.2) is 0 Å². The van der Waals surface area contributed by atoms with E-state index < -0.39 is 0 Å². The molecule has 0 aliphatic carbocycles. The van der Waals surface area contributed by atoms with Crippen LogP contribution >= 0.6 is 0 Å². The third-order valence-corrected chi connectivity index (χ3v) is 4.00. The standard InChI is InChI=1S/C19H21N3O3/c1-13-4-7-18(25-3)17(10-13)22-12-21-15-11-14(5-6-16(15)22)19(23)20-8-9-24-2/h4-7,10-12H,8-9H2,1-3H3,(H,20,23). The summed E-state index contributed by atoms with van der Waals surface area (Å²) in [6.07, 6.45) is 1.74. The van der Waals surface area contributed by atoms with E-state index in [1.165, 1.54) is 0 Å². The first-order valence-electron chi connectivity index (χ1n) is 8.03. The number of carbonyl (C=O) groups is 1. The molecule has 0 spiro atoms. The maximum atomic E-state index is 12.2. The summed E-state index contributed by atoms with van der Waals surface area (Å²) in [5.41, 5.74) is 4.29. The quantitative estimate of drug-likeness (QED) is 0.701. The van der Waals surface area contributed by atoms with Gasteiger partial charge in [-0.15, -0.1) is 0 Å². The highest BCUT2D eigenvalue weighted by Gasteiger charge is 2.12. The second kappa shape index (κ2) is 7.36. The largest absolute Gasteiger partial charge is 0.495 e. The van der Waals surface area contributed by atoms with Crippen molar-refractivity contribution < 1.29 is 14.3 Å². The molecule has 6 heteroatoms. The van der Waals surface area contributed by atoms with Crippen LogP contribution in [0.15, 0.2) is 42.7 Å². The minimum Gasteiger partial charge on any atom is -0.495 e. The molecule has 0 radical (unpaired) electrons. The average Bonchev–Trinajstić information content (AvgIpc) is 3.04. The normalized spacial score (nSPS) is 10.8. The van der Waals surface area contributed by atoms with E-state index in [0.717, 1.165) is 28.0 Å². The minimum atomic E-state index is -0.137. The number of amides is 1. The Morgan fingerprint density at radius 3 is 2.80 bits per heavy atom. The highest BCUT2D eigenvalue weighted by molar-refractivity contribution is 5.97. The number of ether oxygens (including phenoxy) is 2. The number of aromatic nitrogens is 2. The van der Waals surface area contributed by atoms with Crippen molar-refractivity contribution >= 4 is 16.9 Å². The third kappa shape index (κ3) is 3.49. The molecule has 0 aliphatic heterocycles. The number of nitrogens with one attached hydrogen (secondary N) is 1. The van der Waals surface area contributed by atoms with Crippen molar-refractivity contribution in [1.82, 2.24) is 14.9 Å². The van der Waals surface area contributed by atoms with E-state index in [9.17, 15) is 4.79 Å². The molecule has 0 atom stereocenters. The highest BCUT2D eigenvalue weighted by atomic mass is 16.5. The fraction of sp³-hybridized carbons (Fsp3) is 0.263. The summed E-state index contributed by atoms with van der Waals surface area (Å²) in [4.78, 5) is 16.6. The van der Waals surface area contributed by atoms with Gasteiger partial charge >= 0.3 is 0 Å². The van der Waals surface area contributed by atoms with Crippen molar-refractivity contribution in [2.75, 3.05) is 27.4 Å². The Labute approximate surface area is 146 Å². The second-order valence-electron chi connectivity index (χ2n) is 5.74. The molecule has 0 saturated carbocycles. The molecule has 0 saturated heterocycles. The number of fused-ring (bicyclic) bond motifs is 1. The molecule has 3 aromatic rings. The Balaban J connectivity index is 1.96. The third-order valence-electron chi connectivity index (χ3n) is 4.00. The van der Waals surface area contributed by atoms with Gasteiger partial charge in [-0.05, 0) is 42.8 Å². The number of hydrogen-bond donors (Lipinski definition) is 1. The van der Waals surface area contributed by atoms with Crippen LogP contribution in [0.1, 0.15) is 15.9 Å². The van der Waals surface area contributed by atoms with Gasteiger partial charge in [-0.3, -0.25) is 9.36 Å². The van der Waals surface area contributed by atoms with Crippen molar-refractivity contribution in [3.05, 3.63) is 53.9 Å². The zero-order chi connectivity index (χ0) is 17.8. The molecule has 1 heterocycles. The zero-order valence-corrected chi connectivity index (χ0v) is 14.6. The SMILES string of the molecule is COCCNC(=O)c1ccc2c(c1)ncn2-c1cc(C)ccc1OC. The van der Waals surface area contributed by atoms with Crippen LogP contribution in [-0.4, -0.2) is 42.8 Å². The predicted octanol–water partition coefficient (Wildman–Crippen LogP) is 2.72. The van der Waals surface area contributed by atoms with Crippen LogP contribution in [0, 0.1) is 6.92 Å². The molecule has 1 amide bonds. The van der Waals surface area contributed by atoms with Gasteiger partial charge in [0.1, 0.15) is 12.1 Å². The summed E-state index contributed by atoms with van der Waals surface area (Å²) < 4.78 is 12.4. The average molecular weight is 339 g/mol. The number of carbonyl (C=O) groups excluding carboxylic acids is 1. The number of rotatable bonds is 6. The van der Waals surface area contributed by atoms with Crippen LogP contribution in [-0.2, 0) is 4.74 Å². The number of hydrogen-bond acceptors (Lipinski definition) is 4. The molecule has 25 heavy (non-hydrogen) atoms. The molecule has 1 N–H and O–H groups in total. The van der Waals surface area contributed by atoms with E-state index in [0.29, 0.717) is 18.7 Å². The summed E-state index contributed by atoms with van der Waals surface area (Å²) in [5, 5.41) is 2.81. The summed E-state index contributed by atoms with van der Waals surface area (Å²) in [7, 11) is 3.25. The summed E-state index contributed by atoms with van der Waals surface area (Å²) in [6, 6.07) is 11.5. The number of nitrogens with zero attached hydrogens (tertiary/aromatic N) is 2. The number of benzene rings is 2. The molecular weight excluding hydrogens is 318 g/mol. The van der Waals surface area contributed by atoms with Crippen LogP contribution in [0.5, 0.6) is 5.75 Å². The Bertz CT molecular complexity index is 902. The monoisotopic (exact) mass is 339 g/mol. The van der Waals surface area contributed by atoms with Crippen molar-refractivity contribution in [2.24, 2.45) is 0 Å². The number of imidazole rings is 1. The number of methoxy groups -OCH3 is 2. The van der Waals surface area contributed by atoms with Crippen LogP contribution < -0.4 is 10.1 Å². The molecule has 0 unspecified atom stereocenters. The lowest BCUT2D eigenvalue weighted by Crippen LogP contribution is -2.26. The summed E-state index contributed by atoms with van der Waals surface area (Å²) in [6.45, 7) is 2.99. The van der Waals surface area contributed by atoms with Crippen molar-refractivity contribution in [3.8, 4) is 11.4 Å². The Morgan fingerprint density at radius 1 is 1.20 bits per heavy atom. The van der Waals surface area contributed by atoms with Crippen molar-refractivity contribution in [2.45, 2.75) is 6.92 Å². The molecule has 130 valence electrons. The molecule has 0 aliphatic rings. The fourth-order valence-electron chi connectivity index (χ4n) is 2.70. The van der Waals surface area contributed by atoms with Gasteiger partial charge < -0.3 is 14.8 Å². The van der Waals surface area contributed by atoms with Gasteiger partial charge in [0, 0.05) is 19.2 Å². The molecular formula is C19H21N3O3. The van der Waals surface area contributed by atoms with Crippen molar-refractivity contribution in [1.29, 1.82) is 0 Å². The minimum absolute atomic E-state index is 0.137. The first-order valence-corrected chi connectivity index (χ1v) is 8.03. The molecule has 3 rings (SSSR count). The molecule has 2 aromatic carbocycles. The molecule has 0 fully saturated rings. The molecule has 6 nitrogen and oxygen atoms in total. The van der Waals surface area contributed by atoms with E-state index in [1.807, 2.05) is 35.8 Å². The lowest BCUT2D eigenvalue weighted by atomic mass is 10.1. The zero-order valence-electron chi connectivity index (χ0n) is 14.6. The first kappa shape index (κ1) is 17.0. The Morgan fingerprint density at radius 2 is 2.04 bits per heavy atom. The molecule has 0 bridgehead atoms. The van der Waals surface area contributed by atoms with Gasteiger partial charge in [0.2, 0.25) is 0 Å². The first-order chi connectivity index (χ1) is 12.1. The predicted molar refractivity (Wildman–Crippen MR) is 96.6 cm³/mol. The lowest BCUT2D eigenvalue weighted by molar-refractivity contribution is 0.0937. The van der Waals surface area contributed by atoms with Gasteiger partial charge in [-0.2, -0.15) is 0 Å². The molecule has 1 aromatic heterocycles. The van der Waals surface area contributed by atoms with Crippen LogP contribution in [0.4, 0.5) is 0 Å². The maximum absolute atomic E-state index is 12.2. The maximum Gasteiger partial charge on any atom is 0.251 e. The Kier molecular flexibility index (Phi) is 5.00. The topological polar surface area (TPSA) is 65.4 Å². The van der Waals surface area contributed by atoms with E-state index in [4.69, 9.17) is 9.47 Å². The highest BCUT2D eigenvalue weighted by Crippen LogP contribution is 2.27. The van der Waals surface area contributed by atoms with Crippen LogP contribution in [0.2, 0.25) is 0 Å². The summed E-state index contributed by atoms with van der Waals surface area (Å²) >= 11 is 0. The number of aryl methyl sites for hydroxylation is 1. The second-order valence-corrected chi connectivity index (χ2v) is 5.74. The van der Waals surface area contributed by atoms with E-state index in [1.54, 1.807) is 32.7 Å². The Hall–Kier alpha value is -2.86. The fourth-order valence-corrected chi connectivity index (χ4v) is 2.70. The van der Waals surface area contributed by atoms with E-state index in [2.05, 4.69) is 10.3 Å². The van der Waals surface area contributed by atoms with Crippen molar-refractivity contribution in [3.63, 3.8) is 0 Å². The van der Waals surface area contributed by atoms with Crippen LogP contribution in [0.3, 0.4) is 0 Å².